The highest BCUT2D eigenvalue weighted by Gasteiger charge is 2.26. The Bertz CT molecular complexity index is 580. The number of hydrogen-bond donors (Lipinski definition) is 2. The van der Waals surface area contributed by atoms with Gasteiger partial charge in [-0.25, -0.2) is 0 Å². The number of amides is 2. The first-order chi connectivity index (χ1) is 9.97. The van der Waals surface area contributed by atoms with E-state index in [1.54, 1.807) is 17.0 Å². The van der Waals surface area contributed by atoms with E-state index in [9.17, 15) is 14.4 Å². The van der Waals surface area contributed by atoms with Gasteiger partial charge in [0.25, 0.3) is 5.91 Å². The number of nitrogens with zero attached hydrogens (tertiary/aromatic N) is 1. The molecule has 1 aromatic rings. The SMILES string of the molecule is CC(C)C(=O)N1CCC[C@H](NC(=O)c2cccc(=O)[nH]2)C1. The molecule has 1 atom stereocenters. The summed E-state index contributed by atoms with van der Waals surface area (Å²) in [5.74, 6) is -0.233. The molecule has 6 heteroatoms. The number of likely N-dealkylation sites (tertiary alicyclic amines) is 1. The van der Waals surface area contributed by atoms with Gasteiger partial charge in [0, 0.05) is 31.1 Å². The third-order valence-corrected chi connectivity index (χ3v) is 3.58. The van der Waals surface area contributed by atoms with Crippen LogP contribution in [0.15, 0.2) is 23.0 Å². The van der Waals surface area contributed by atoms with Gasteiger partial charge in [-0.05, 0) is 18.9 Å². The molecule has 0 saturated carbocycles. The summed E-state index contributed by atoms with van der Waals surface area (Å²) in [4.78, 5) is 39.6. The second kappa shape index (κ2) is 6.56. The molecule has 1 fully saturated rings. The van der Waals surface area contributed by atoms with Gasteiger partial charge < -0.3 is 15.2 Å². The van der Waals surface area contributed by atoms with Gasteiger partial charge in [0.05, 0.1) is 0 Å². The van der Waals surface area contributed by atoms with Crippen molar-refractivity contribution in [1.82, 2.24) is 15.2 Å². The maximum Gasteiger partial charge on any atom is 0.268 e. The number of aromatic amines is 1. The number of pyridine rings is 1. The average molecular weight is 291 g/mol. The molecule has 2 amide bonds. The lowest BCUT2D eigenvalue weighted by atomic mass is 10.0. The molecule has 0 unspecified atom stereocenters. The molecule has 1 aromatic heterocycles. The fraction of sp³-hybridized carbons (Fsp3) is 0.533. The molecule has 1 saturated heterocycles. The minimum absolute atomic E-state index is 0.0371. The summed E-state index contributed by atoms with van der Waals surface area (Å²) in [5.41, 5.74) is -0.0577. The zero-order valence-electron chi connectivity index (χ0n) is 12.4. The van der Waals surface area contributed by atoms with Crippen molar-refractivity contribution in [3.05, 3.63) is 34.2 Å². The summed E-state index contributed by atoms with van der Waals surface area (Å²) < 4.78 is 0. The van der Waals surface area contributed by atoms with E-state index in [2.05, 4.69) is 10.3 Å². The van der Waals surface area contributed by atoms with Gasteiger partial charge in [-0.1, -0.05) is 19.9 Å². The standard InChI is InChI=1S/C15H21N3O3/c1-10(2)15(21)18-8-4-5-11(9-18)16-14(20)12-6-3-7-13(19)17-12/h3,6-7,10-11H,4-5,8-9H2,1-2H3,(H,16,20)(H,17,19)/t11-/m0/s1. The molecule has 0 bridgehead atoms. The fourth-order valence-electron chi connectivity index (χ4n) is 2.50. The van der Waals surface area contributed by atoms with Crippen molar-refractivity contribution in [2.45, 2.75) is 32.7 Å². The Morgan fingerprint density at radius 2 is 2.14 bits per heavy atom. The molecule has 1 aliphatic heterocycles. The van der Waals surface area contributed by atoms with Gasteiger partial charge in [-0.2, -0.15) is 0 Å². The van der Waals surface area contributed by atoms with Crippen LogP contribution in [0.1, 0.15) is 37.2 Å². The zero-order chi connectivity index (χ0) is 15.4. The number of H-pyrrole nitrogens is 1. The molecule has 0 spiro atoms. The topological polar surface area (TPSA) is 82.3 Å². The van der Waals surface area contributed by atoms with Gasteiger partial charge in [0.1, 0.15) is 5.69 Å². The van der Waals surface area contributed by atoms with Crippen LogP contribution >= 0.6 is 0 Å². The maximum atomic E-state index is 12.1. The third kappa shape index (κ3) is 3.93. The zero-order valence-corrected chi connectivity index (χ0v) is 12.4. The van der Waals surface area contributed by atoms with Crippen LogP contribution in [0.2, 0.25) is 0 Å². The Kier molecular flexibility index (Phi) is 4.77. The van der Waals surface area contributed by atoms with E-state index in [1.807, 2.05) is 13.8 Å². The van der Waals surface area contributed by atoms with Crippen molar-refractivity contribution in [2.75, 3.05) is 13.1 Å². The van der Waals surface area contributed by atoms with Crippen LogP contribution in [-0.2, 0) is 4.79 Å². The molecule has 2 heterocycles. The quantitative estimate of drug-likeness (QED) is 0.862. The summed E-state index contributed by atoms with van der Waals surface area (Å²) in [7, 11) is 0. The Morgan fingerprint density at radius 3 is 2.81 bits per heavy atom. The van der Waals surface area contributed by atoms with E-state index < -0.39 is 0 Å². The van der Waals surface area contributed by atoms with E-state index in [-0.39, 0.29) is 35.0 Å². The second-order valence-corrected chi connectivity index (χ2v) is 5.68. The highest BCUT2D eigenvalue weighted by atomic mass is 16.2. The predicted octanol–water partition coefficient (Wildman–Crippen LogP) is 0.752. The number of nitrogens with one attached hydrogen (secondary N) is 2. The Balaban J connectivity index is 1.98. The highest BCUT2D eigenvalue weighted by Crippen LogP contribution is 2.13. The van der Waals surface area contributed by atoms with Crippen LogP contribution in [0.4, 0.5) is 0 Å². The van der Waals surface area contributed by atoms with E-state index in [1.165, 1.54) is 6.07 Å². The molecule has 2 rings (SSSR count). The average Bonchev–Trinajstić information content (AvgIpc) is 2.46. The van der Waals surface area contributed by atoms with E-state index in [0.717, 1.165) is 19.4 Å². The van der Waals surface area contributed by atoms with Crippen LogP contribution in [0, 0.1) is 5.92 Å². The minimum Gasteiger partial charge on any atom is -0.346 e. The van der Waals surface area contributed by atoms with Gasteiger partial charge in [0.2, 0.25) is 11.5 Å². The van der Waals surface area contributed by atoms with Crippen LogP contribution in [0.25, 0.3) is 0 Å². The lowest BCUT2D eigenvalue weighted by molar-refractivity contribution is -0.135. The summed E-state index contributed by atoms with van der Waals surface area (Å²) in [6.07, 6.45) is 1.71. The second-order valence-electron chi connectivity index (χ2n) is 5.68. The van der Waals surface area contributed by atoms with E-state index >= 15 is 0 Å². The fourth-order valence-corrected chi connectivity index (χ4v) is 2.50. The molecule has 0 radical (unpaired) electrons. The Morgan fingerprint density at radius 1 is 1.38 bits per heavy atom. The largest absolute Gasteiger partial charge is 0.346 e. The molecule has 2 N–H and O–H groups in total. The molecule has 114 valence electrons. The minimum atomic E-state index is -0.309. The third-order valence-electron chi connectivity index (χ3n) is 3.58. The molecule has 21 heavy (non-hydrogen) atoms. The molecule has 1 aliphatic rings. The van der Waals surface area contributed by atoms with Crippen molar-refractivity contribution >= 4 is 11.8 Å². The van der Waals surface area contributed by atoms with Gasteiger partial charge in [-0.15, -0.1) is 0 Å². The number of carbonyl (C=O) groups is 2. The summed E-state index contributed by atoms with van der Waals surface area (Å²) in [5, 5.41) is 2.88. The van der Waals surface area contributed by atoms with Gasteiger partial charge in [0.15, 0.2) is 0 Å². The first-order valence-corrected chi connectivity index (χ1v) is 7.26. The number of hydrogen-bond acceptors (Lipinski definition) is 3. The first kappa shape index (κ1) is 15.3. The van der Waals surface area contributed by atoms with Crippen LogP contribution in [0.3, 0.4) is 0 Å². The first-order valence-electron chi connectivity index (χ1n) is 7.26. The van der Waals surface area contributed by atoms with Crippen molar-refractivity contribution in [1.29, 1.82) is 0 Å². The maximum absolute atomic E-state index is 12.1. The smallest absolute Gasteiger partial charge is 0.268 e. The lowest BCUT2D eigenvalue weighted by Gasteiger charge is -2.34. The predicted molar refractivity (Wildman–Crippen MR) is 79.0 cm³/mol. The van der Waals surface area contributed by atoms with Crippen LogP contribution in [-0.4, -0.2) is 40.8 Å². The summed E-state index contributed by atoms with van der Waals surface area (Å²) >= 11 is 0. The lowest BCUT2D eigenvalue weighted by Crippen LogP contribution is -2.50. The molecular formula is C15H21N3O3. The van der Waals surface area contributed by atoms with Crippen molar-refractivity contribution < 1.29 is 9.59 Å². The van der Waals surface area contributed by atoms with Crippen LogP contribution < -0.4 is 10.9 Å². The molecular weight excluding hydrogens is 270 g/mol. The van der Waals surface area contributed by atoms with Crippen molar-refractivity contribution in [3.63, 3.8) is 0 Å². The van der Waals surface area contributed by atoms with Gasteiger partial charge in [-0.3, -0.25) is 14.4 Å². The summed E-state index contributed by atoms with van der Waals surface area (Å²) in [6.45, 7) is 5.02. The Labute approximate surface area is 123 Å². The van der Waals surface area contributed by atoms with E-state index in [0.29, 0.717) is 6.54 Å². The van der Waals surface area contributed by atoms with Crippen LogP contribution in [0.5, 0.6) is 0 Å². The molecule has 0 aromatic carbocycles. The number of carbonyl (C=O) groups excluding carboxylic acids is 2. The Hall–Kier alpha value is -2.11. The summed E-state index contributed by atoms with van der Waals surface area (Å²) in [6, 6.07) is 4.40. The number of aromatic nitrogens is 1. The van der Waals surface area contributed by atoms with E-state index in [4.69, 9.17) is 0 Å². The van der Waals surface area contributed by atoms with Gasteiger partial charge >= 0.3 is 0 Å². The highest BCUT2D eigenvalue weighted by molar-refractivity contribution is 5.92. The van der Waals surface area contributed by atoms with Crippen molar-refractivity contribution in [3.8, 4) is 0 Å². The van der Waals surface area contributed by atoms with Crippen molar-refractivity contribution in [2.24, 2.45) is 5.92 Å². The monoisotopic (exact) mass is 291 g/mol. The number of rotatable bonds is 3. The normalized spacial score (nSPS) is 18.6. The molecule has 0 aliphatic carbocycles. The molecule has 6 nitrogen and oxygen atoms in total. The number of piperidine rings is 1.